The molecule has 1 aliphatic heterocycles. The van der Waals surface area contributed by atoms with Crippen LogP contribution in [0.4, 0.5) is 5.69 Å². The van der Waals surface area contributed by atoms with Crippen molar-refractivity contribution in [3.05, 3.63) is 45.4 Å². The van der Waals surface area contributed by atoms with Crippen molar-refractivity contribution in [3.63, 3.8) is 0 Å². The van der Waals surface area contributed by atoms with Gasteiger partial charge in [0, 0.05) is 30.7 Å². The van der Waals surface area contributed by atoms with Crippen molar-refractivity contribution in [2.24, 2.45) is 0 Å². The SMILES string of the molecule is Cc1nc(CNCc2cccc3c2NCCC3)cs1. The minimum atomic E-state index is 0.841. The van der Waals surface area contributed by atoms with Crippen LogP contribution in [0.15, 0.2) is 23.6 Å². The summed E-state index contributed by atoms with van der Waals surface area (Å²) in [4.78, 5) is 4.47. The second-order valence-corrected chi connectivity index (χ2v) is 6.01. The molecular weight excluding hydrogens is 254 g/mol. The van der Waals surface area contributed by atoms with Crippen LogP contribution in [0.1, 0.15) is 28.2 Å². The van der Waals surface area contributed by atoms with Gasteiger partial charge in [0.05, 0.1) is 10.7 Å². The summed E-state index contributed by atoms with van der Waals surface area (Å²) < 4.78 is 0. The van der Waals surface area contributed by atoms with Crippen LogP contribution in [0.5, 0.6) is 0 Å². The molecule has 2 N–H and O–H groups in total. The summed E-state index contributed by atoms with van der Waals surface area (Å²) >= 11 is 1.71. The van der Waals surface area contributed by atoms with Gasteiger partial charge in [-0.25, -0.2) is 4.98 Å². The van der Waals surface area contributed by atoms with Crippen LogP contribution in [0.25, 0.3) is 0 Å². The smallest absolute Gasteiger partial charge is 0.0897 e. The molecule has 0 saturated heterocycles. The van der Waals surface area contributed by atoms with Crippen molar-refractivity contribution in [2.75, 3.05) is 11.9 Å². The maximum atomic E-state index is 4.47. The molecule has 0 bridgehead atoms. The topological polar surface area (TPSA) is 37.0 Å². The summed E-state index contributed by atoms with van der Waals surface area (Å²) in [5.74, 6) is 0. The first-order valence-corrected chi connectivity index (χ1v) is 7.67. The minimum Gasteiger partial charge on any atom is -0.385 e. The number of thiazole rings is 1. The highest BCUT2D eigenvalue weighted by molar-refractivity contribution is 7.09. The fraction of sp³-hybridized carbons (Fsp3) is 0.400. The fourth-order valence-electron chi connectivity index (χ4n) is 2.54. The molecule has 1 aliphatic rings. The van der Waals surface area contributed by atoms with Crippen LogP contribution in [0.3, 0.4) is 0 Å². The van der Waals surface area contributed by atoms with Crippen molar-refractivity contribution in [1.82, 2.24) is 10.3 Å². The summed E-state index contributed by atoms with van der Waals surface area (Å²) in [6, 6.07) is 6.60. The summed E-state index contributed by atoms with van der Waals surface area (Å²) in [5, 5.41) is 10.3. The van der Waals surface area contributed by atoms with Gasteiger partial charge >= 0.3 is 0 Å². The lowest BCUT2D eigenvalue weighted by atomic mass is 9.99. The first-order valence-electron chi connectivity index (χ1n) is 6.79. The van der Waals surface area contributed by atoms with Gasteiger partial charge < -0.3 is 10.6 Å². The number of fused-ring (bicyclic) bond motifs is 1. The lowest BCUT2D eigenvalue weighted by molar-refractivity contribution is 0.679. The second kappa shape index (κ2) is 5.72. The lowest BCUT2D eigenvalue weighted by Crippen LogP contribution is -2.18. The number of benzene rings is 1. The molecule has 0 saturated carbocycles. The standard InChI is InChI=1S/C15H19N3S/c1-11-18-14(10-19-11)9-16-8-13-5-2-4-12-6-3-7-17-15(12)13/h2,4-5,10,16-17H,3,6-9H2,1H3. The number of aromatic nitrogens is 1. The molecule has 0 unspecified atom stereocenters. The molecule has 2 aromatic rings. The number of aryl methyl sites for hydroxylation is 2. The van der Waals surface area contributed by atoms with Crippen molar-refractivity contribution < 1.29 is 0 Å². The number of hydrogen-bond acceptors (Lipinski definition) is 4. The summed E-state index contributed by atoms with van der Waals surface area (Å²) in [6.07, 6.45) is 2.43. The van der Waals surface area contributed by atoms with E-state index in [-0.39, 0.29) is 0 Å². The van der Waals surface area contributed by atoms with Gasteiger partial charge in [-0.15, -0.1) is 11.3 Å². The van der Waals surface area contributed by atoms with E-state index in [0.717, 1.165) is 30.3 Å². The van der Waals surface area contributed by atoms with Crippen LogP contribution in [0, 0.1) is 6.92 Å². The minimum absolute atomic E-state index is 0.841. The summed E-state index contributed by atoms with van der Waals surface area (Å²) in [5.41, 5.74) is 5.30. The molecule has 3 nitrogen and oxygen atoms in total. The van der Waals surface area contributed by atoms with Crippen LogP contribution < -0.4 is 10.6 Å². The first-order chi connectivity index (χ1) is 9.33. The average Bonchev–Trinajstić information content (AvgIpc) is 2.85. The Bertz CT molecular complexity index is 562. The van der Waals surface area contributed by atoms with Gasteiger partial charge in [-0.2, -0.15) is 0 Å². The largest absolute Gasteiger partial charge is 0.385 e. The molecule has 3 rings (SSSR count). The lowest BCUT2D eigenvalue weighted by Gasteiger charge is -2.21. The Balaban J connectivity index is 1.64. The van der Waals surface area contributed by atoms with Gasteiger partial charge in [0.1, 0.15) is 0 Å². The molecule has 0 spiro atoms. The third kappa shape index (κ3) is 2.96. The number of anilines is 1. The Kier molecular flexibility index (Phi) is 3.80. The Morgan fingerprint density at radius 2 is 2.32 bits per heavy atom. The first kappa shape index (κ1) is 12.6. The zero-order valence-corrected chi connectivity index (χ0v) is 12.0. The fourth-order valence-corrected chi connectivity index (χ4v) is 3.16. The molecular formula is C15H19N3S. The Hall–Kier alpha value is -1.39. The monoisotopic (exact) mass is 273 g/mol. The quantitative estimate of drug-likeness (QED) is 0.899. The third-order valence-corrected chi connectivity index (χ3v) is 4.27. The number of para-hydroxylation sites is 1. The van der Waals surface area contributed by atoms with Gasteiger partial charge in [0.15, 0.2) is 0 Å². The van der Waals surface area contributed by atoms with Gasteiger partial charge in [-0.3, -0.25) is 0 Å². The van der Waals surface area contributed by atoms with Crippen molar-refractivity contribution in [3.8, 4) is 0 Å². The molecule has 0 aliphatic carbocycles. The molecule has 2 heterocycles. The molecule has 1 aromatic heterocycles. The molecule has 100 valence electrons. The maximum Gasteiger partial charge on any atom is 0.0897 e. The zero-order chi connectivity index (χ0) is 13.1. The van der Waals surface area contributed by atoms with Crippen LogP contribution >= 0.6 is 11.3 Å². The van der Waals surface area contributed by atoms with Crippen LogP contribution in [-0.2, 0) is 19.5 Å². The molecule has 1 aromatic carbocycles. The van der Waals surface area contributed by atoms with E-state index in [2.05, 4.69) is 39.2 Å². The highest BCUT2D eigenvalue weighted by atomic mass is 32.1. The Morgan fingerprint density at radius 3 is 3.16 bits per heavy atom. The van der Waals surface area contributed by atoms with Gasteiger partial charge in [0.25, 0.3) is 0 Å². The van der Waals surface area contributed by atoms with Gasteiger partial charge in [-0.1, -0.05) is 18.2 Å². The van der Waals surface area contributed by atoms with E-state index in [4.69, 9.17) is 0 Å². The number of nitrogens with zero attached hydrogens (tertiary/aromatic N) is 1. The Labute approximate surface area is 118 Å². The predicted molar refractivity (Wildman–Crippen MR) is 80.6 cm³/mol. The number of hydrogen-bond donors (Lipinski definition) is 2. The van der Waals surface area contributed by atoms with Crippen LogP contribution in [0.2, 0.25) is 0 Å². The van der Waals surface area contributed by atoms with Crippen molar-refractivity contribution in [2.45, 2.75) is 32.9 Å². The summed E-state index contributed by atoms with van der Waals surface area (Å²) in [7, 11) is 0. The van der Waals surface area contributed by atoms with Crippen molar-refractivity contribution >= 4 is 17.0 Å². The maximum absolute atomic E-state index is 4.47. The van der Waals surface area contributed by atoms with E-state index in [0.29, 0.717) is 0 Å². The molecule has 19 heavy (non-hydrogen) atoms. The Morgan fingerprint density at radius 1 is 1.37 bits per heavy atom. The van der Waals surface area contributed by atoms with E-state index in [1.807, 2.05) is 6.92 Å². The number of nitrogens with one attached hydrogen (secondary N) is 2. The van der Waals surface area contributed by atoms with Crippen LogP contribution in [-0.4, -0.2) is 11.5 Å². The average molecular weight is 273 g/mol. The molecule has 0 fully saturated rings. The molecule has 0 radical (unpaired) electrons. The van der Waals surface area contributed by atoms with Gasteiger partial charge in [0.2, 0.25) is 0 Å². The summed E-state index contributed by atoms with van der Waals surface area (Å²) in [6.45, 7) is 4.88. The van der Waals surface area contributed by atoms with E-state index >= 15 is 0 Å². The predicted octanol–water partition coefficient (Wildman–Crippen LogP) is 3.10. The third-order valence-electron chi connectivity index (χ3n) is 3.45. The highest BCUT2D eigenvalue weighted by Crippen LogP contribution is 2.25. The normalized spacial score (nSPS) is 13.9. The molecule has 0 atom stereocenters. The van der Waals surface area contributed by atoms with E-state index in [9.17, 15) is 0 Å². The second-order valence-electron chi connectivity index (χ2n) is 4.94. The molecule has 4 heteroatoms. The van der Waals surface area contributed by atoms with E-state index in [1.54, 1.807) is 11.3 Å². The number of rotatable bonds is 4. The highest BCUT2D eigenvalue weighted by Gasteiger charge is 2.11. The van der Waals surface area contributed by atoms with E-state index in [1.165, 1.54) is 29.7 Å². The molecule has 0 amide bonds. The van der Waals surface area contributed by atoms with E-state index < -0.39 is 0 Å². The van der Waals surface area contributed by atoms with Crippen molar-refractivity contribution in [1.29, 1.82) is 0 Å². The van der Waals surface area contributed by atoms with Gasteiger partial charge in [-0.05, 0) is 30.9 Å². The zero-order valence-electron chi connectivity index (χ0n) is 11.2.